The van der Waals surface area contributed by atoms with Crippen LogP contribution in [0.5, 0.6) is 0 Å². The maximum absolute atomic E-state index is 9.67. The third-order valence-electron chi connectivity index (χ3n) is 2.97. The third-order valence-corrected chi connectivity index (χ3v) is 2.97. The van der Waals surface area contributed by atoms with Crippen molar-refractivity contribution in [3.8, 4) is 0 Å². The van der Waals surface area contributed by atoms with E-state index in [1.54, 1.807) is 0 Å². The van der Waals surface area contributed by atoms with Crippen LogP contribution in [-0.2, 0) is 0 Å². The van der Waals surface area contributed by atoms with Crippen LogP contribution in [-0.4, -0.2) is 27.7 Å². The lowest BCUT2D eigenvalue weighted by Gasteiger charge is -2.45. The molecule has 0 saturated heterocycles. The molecule has 0 radical (unpaired) electrons. The summed E-state index contributed by atoms with van der Waals surface area (Å²) >= 11 is 0. The van der Waals surface area contributed by atoms with E-state index in [4.69, 9.17) is 11.5 Å². The minimum absolute atomic E-state index is 0.279. The smallest absolute Gasteiger partial charge is 0.330 e. The summed E-state index contributed by atoms with van der Waals surface area (Å²) in [6.07, 6.45) is 3.44. The van der Waals surface area contributed by atoms with Gasteiger partial charge in [-0.1, -0.05) is 20.8 Å². The van der Waals surface area contributed by atoms with Gasteiger partial charge >= 0.3 is 15.1 Å². The van der Waals surface area contributed by atoms with Crippen LogP contribution in [0, 0.1) is 10.8 Å². The van der Waals surface area contributed by atoms with Gasteiger partial charge in [-0.3, -0.25) is 25.9 Å². The SMILES string of the molecule is CC1(C)CC(N)CC(C)(CN)C1.FB(F)F.FB(F)F. The van der Waals surface area contributed by atoms with Gasteiger partial charge in [0.2, 0.25) is 0 Å². The Morgan fingerprint density at radius 3 is 1.55 bits per heavy atom. The van der Waals surface area contributed by atoms with E-state index in [9.17, 15) is 25.9 Å². The van der Waals surface area contributed by atoms with E-state index in [0.717, 1.165) is 19.4 Å². The molecular weight excluding hydrogens is 284 g/mol. The highest BCUT2D eigenvalue weighted by atomic mass is 19.4. The lowest BCUT2D eigenvalue weighted by Crippen LogP contribution is -2.45. The second-order valence-electron chi connectivity index (χ2n) is 6.02. The fourth-order valence-electron chi connectivity index (χ4n) is 2.87. The maximum Gasteiger partial charge on any atom is 0.762 e. The summed E-state index contributed by atoms with van der Waals surface area (Å²) < 4.78 is 58.0. The molecule has 0 spiro atoms. The molecule has 2 atom stereocenters. The largest absolute Gasteiger partial charge is 0.762 e. The number of halogens is 6. The first-order chi connectivity index (χ1) is 8.83. The van der Waals surface area contributed by atoms with Crippen molar-refractivity contribution in [2.24, 2.45) is 22.3 Å². The van der Waals surface area contributed by atoms with Crippen LogP contribution >= 0.6 is 0 Å². The van der Waals surface area contributed by atoms with Crippen LogP contribution < -0.4 is 11.5 Å². The second-order valence-corrected chi connectivity index (χ2v) is 6.02. The summed E-state index contributed by atoms with van der Waals surface area (Å²) in [5.74, 6) is 0. The zero-order chi connectivity index (χ0) is 16.6. The Labute approximate surface area is 117 Å². The molecule has 1 aliphatic rings. The first-order valence-corrected chi connectivity index (χ1v) is 6.14. The molecule has 0 amide bonds. The predicted octanol–water partition coefficient (Wildman–Crippen LogP) is 3.25. The Hall–Kier alpha value is -0.370. The highest BCUT2D eigenvalue weighted by Crippen LogP contribution is 2.44. The normalized spacial score (nSPS) is 27.4. The Bertz CT molecular complexity index is 246. The third kappa shape index (κ3) is 14.0. The molecule has 1 aliphatic carbocycles. The quantitative estimate of drug-likeness (QED) is 0.577. The minimum Gasteiger partial charge on any atom is -0.330 e. The molecule has 20 heavy (non-hydrogen) atoms. The van der Waals surface area contributed by atoms with Crippen LogP contribution in [0.1, 0.15) is 40.0 Å². The van der Waals surface area contributed by atoms with Gasteiger partial charge in [-0.05, 0) is 36.6 Å². The van der Waals surface area contributed by atoms with Gasteiger partial charge in [0.25, 0.3) is 0 Å². The van der Waals surface area contributed by atoms with E-state index in [1.807, 2.05) is 0 Å². The lowest BCUT2D eigenvalue weighted by molar-refractivity contribution is 0.0904. The van der Waals surface area contributed by atoms with Gasteiger partial charge in [0.1, 0.15) is 0 Å². The molecule has 0 aromatic heterocycles. The Balaban J connectivity index is 0. The van der Waals surface area contributed by atoms with Crippen LogP contribution in [0.25, 0.3) is 0 Å². The fraction of sp³-hybridized carbons (Fsp3) is 1.00. The molecule has 1 fully saturated rings. The van der Waals surface area contributed by atoms with Gasteiger partial charge in [-0.25, -0.2) is 0 Å². The van der Waals surface area contributed by atoms with Crippen molar-refractivity contribution >= 4 is 15.1 Å². The van der Waals surface area contributed by atoms with Gasteiger partial charge in [-0.2, -0.15) is 0 Å². The van der Waals surface area contributed by atoms with Crippen molar-refractivity contribution in [3.05, 3.63) is 0 Å². The molecule has 0 heterocycles. The standard InChI is InChI=1S/C10H22N2.2BF3/c1-9(2)4-8(12)5-10(3,6-9)7-11;2*2-1(3)4/h8H,4-7,11-12H2,1-3H3;;. The molecule has 2 unspecified atom stereocenters. The zero-order valence-corrected chi connectivity index (χ0v) is 12.0. The van der Waals surface area contributed by atoms with E-state index in [2.05, 4.69) is 20.8 Å². The van der Waals surface area contributed by atoms with E-state index in [1.165, 1.54) is 6.42 Å². The molecule has 1 saturated carbocycles. The van der Waals surface area contributed by atoms with Gasteiger partial charge in [0.15, 0.2) is 0 Å². The summed E-state index contributed by atoms with van der Waals surface area (Å²) in [5, 5.41) is 0. The molecule has 10 heteroatoms. The lowest BCUT2D eigenvalue weighted by atomic mass is 9.63. The first kappa shape index (κ1) is 21.9. The fourth-order valence-corrected chi connectivity index (χ4v) is 2.87. The number of hydrogen-bond acceptors (Lipinski definition) is 2. The molecule has 0 aromatic carbocycles. The Morgan fingerprint density at radius 2 is 1.30 bits per heavy atom. The summed E-state index contributed by atoms with van der Waals surface area (Å²) in [5.41, 5.74) is 12.4. The van der Waals surface area contributed by atoms with E-state index >= 15 is 0 Å². The highest BCUT2D eigenvalue weighted by molar-refractivity contribution is 6.33. The second kappa shape index (κ2) is 9.55. The van der Waals surface area contributed by atoms with Crippen molar-refractivity contribution in [2.75, 3.05) is 6.54 Å². The van der Waals surface area contributed by atoms with Gasteiger partial charge in [0, 0.05) is 6.04 Å². The van der Waals surface area contributed by atoms with E-state index in [-0.39, 0.29) is 5.41 Å². The number of rotatable bonds is 1. The highest BCUT2D eigenvalue weighted by Gasteiger charge is 2.38. The van der Waals surface area contributed by atoms with Gasteiger partial charge in [-0.15, -0.1) is 0 Å². The number of hydrogen-bond donors (Lipinski definition) is 2. The molecular formula is C10H22B2F6N2. The van der Waals surface area contributed by atoms with Crippen LogP contribution in [0.15, 0.2) is 0 Å². The van der Waals surface area contributed by atoms with Crippen molar-refractivity contribution in [3.63, 3.8) is 0 Å². The minimum atomic E-state index is -3.67. The average molecular weight is 306 g/mol. The zero-order valence-electron chi connectivity index (χ0n) is 12.0. The van der Waals surface area contributed by atoms with Crippen LogP contribution in [0.2, 0.25) is 0 Å². The monoisotopic (exact) mass is 306 g/mol. The molecule has 2 nitrogen and oxygen atoms in total. The maximum atomic E-state index is 9.67. The van der Waals surface area contributed by atoms with Crippen LogP contribution in [0.4, 0.5) is 25.9 Å². The topological polar surface area (TPSA) is 52.0 Å². The summed E-state index contributed by atoms with van der Waals surface area (Å²) in [4.78, 5) is 0. The van der Waals surface area contributed by atoms with Crippen LogP contribution in [0.3, 0.4) is 0 Å². The van der Waals surface area contributed by atoms with Crippen molar-refractivity contribution in [1.82, 2.24) is 0 Å². The average Bonchev–Trinajstić information content (AvgIpc) is 2.11. The Morgan fingerprint density at radius 1 is 0.950 bits per heavy atom. The molecule has 4 N–H and O–H groups in total. The summed E-state index contributed by atoms with van der Waals surface area (Å²) in [6.45, 7) is 7.61. The molecule has 0 aromatic rings. The van der Waals surface area contributed by atoms with Gasteiger partial charge < -0.3 is 11.5 Å². The van der Waals surface area contributed by atoms with Crippen molar-refractivity contribution in [2.45, 2.75) is 46.1 Å². The van der Waals surface area contributed by atoms with E-state index in [0.29, 0.717) is 11.5 Å². The van der Waals surface area contributed by atoms with Crippen molar-refractivity contribution in [1.29, 1.82) is 0 Å². The van der Waals surface area contributed by atoms with E-state index < -0.39 is 15.1 Å². The first-order valence-electron chi connectivity index (χ1n) is 6.14. The number of nitrogens with two attached hydrogens (primary N) is 2. The molecule has 0 aliphatic heterocycles. The molecule has 0 bridgehead atoms. The predicted molar refractivity (Wildman–Crippen MR) is 70.9 cm³/mol. The van der Waals surface area contributed by atoms with Crippen molar-refractivity contribution < 1.29 is 25.9 Å². The van der Waals surface area contributed by atoms with Gasteiger partial charge in [0.05, 0.1) is 0 Å². The summed E-state index contributed by atoms with van der Waals surface area (Å²) in [7, 11) is -7.33. The Kier molecular flexibility index (Phi) is 10.5. The molecule has 1 rings (SSSR count). The molecule has 120 valence electrons. The summed E-state index contributed by atoms with van der Waals surface area (Å²) in [6, 6.07) is 0.349.